The first-order chi connectivity index (χ1) is 50.4. The monoisotopic (exact) mass is 1620 g/mol. The summed E-state index contributed by atoms with van der Waals surface area (Å²) in [6.45, 7) is 20.7. The smallest absolute Gasteiger partial charge is 0.410 e. The number of aromatic nitrogens is 1. The van der Waals surface area contributed by atoms with Gasteiger partial charge in [-0.05, 0) is 114 Å². The standard InChI is InChI=1S/C25H29ClF2N4O5S.C10H17F2NO3.C9H15F2NO3.C8H12F2O3.C7H11F2NO3.2C5H10O2/c1-4-37-25(35)21-19(11-32(10-14(2)27)15(3)12-36-13-20(33)34)30-23(24-29-7-8-38-24)31-22(21)17-6-5-16(28)9-18(17)26;1-9(2,3)16-8(15)13-6-10(11,12)4-7(13)5-14;1-2-15-8(13)5-14-4-7-3-9(10,11)6-12-7;9-8(10)2-1-6(3-8)4-13-5-7(11)12;8-7(9)1-5(10-4-7)2-13-3-6(11)12;2*1-5(2,3)7-4-6/h5-9,14-15,22H,4,10-13H2,1-3H3,(H,30,31)(H,33,34);7,14H,4-6H2,1-3H3;7,12H,2-6H2,1H3;6H,1-5H2,(H,11,12);5,10H,1-4H2,(H,11,12);2*4H,1-3H3. The highest BCUT2D eigenvalue weighted by Crippen LogP contribution is 2.40. The highest BCUT2D eigenvalue weighted by Gasteiger charge is 2.48. The first-order valence-electron chi connectivity index (χ1n) is 34.3. The number of esters is 2. The number of amidine groups is 1. The number of aliphatic hydroxyl groups excluding tert-OH is 1. The Labute approximate surface area is 635 Å². The van der Waals surface area contributed by atoms with Gasteiger partial charge in [-0.3, -0.25) is 24.4 Å². The van der Waals surface area contributed by atoms with Crippen LogP contribution >= 0.6 is 22.9 Å². The zero-order valence-corrected chi connectivity index (χ0v) is 64.8. The maximum Gasteiger partial charge on any atom is 0.410 e. The average Bonchev–Trinajstić information content (AvgIpc) is 1.43. The van der Waals surface area contributed by atoms with Gasteiger partial charge in [0.25, 0.3) is 30.7 Å². The third kappa shape index (κ3) is 44.5. The minimum absolute atomic E-state index is 0.0156. The highest BCUT2D eigenvalue weighted by molar-refractivity contribution is 7.11. The van der Waals surface area contributed by atoms with Crippen molar-refractivity contribution in [3.05, 3.63) is 62.5 Å². The Morgan fingerprint density at radius 3 is 1.66 bits per heavy atom. The van der Waals surface area contributed by atoms with Crippen molar-refractivity contribution in [2.45, 2.75) is 205 Å². The van der Waals surface area contributed by atoms with Crippen molar-refractivity contribution in [1.82, 2.24) is 30.7 Å². The largest absolute Gasteiger partial charge is 0.480 e. The van der Waals surface area contributed by atoms with E-state index in [0.29, 0.717) is 48.1 Å². The second-order valence-electron chi connectivity index (χ2n) is 28.1. The molecule has 7 atom stereocenters. The molecule has 1 aliphatic carbocycles. The van der Waals surface area contributed by atoms with E-state index in [-0.39, 0.29) is 125 Å². The quantitative estimate of drug-likeness (QED) is 0.0172. The molecule has 7 unspecified atom stereocenters. The van der Waals surface area contributed by atoms with Gasteiger partial charge < -0.3 is 79.0 Å². The molecule has 1 aromatic carbocycles. The predicted octanol–water partition coefficient (Wildman–Crippen LogP) is 9.70. The Morgan fingerprint density at radius 1 is 0.725 bits per heavy atom. The number of alkyl halides is 9. The molecule has 5 heterocycles. The van der Waals surface area contributed by atoms with Crippen molar-refractivity contribution in [3.8, 4) is 0 Å². The van der Waals surface area contributed by atoms with Crippen LogP contribution in [0.5, 0.6) is 0 Å². The molecule has 1 saturated carbocycles. The number of hydrogen-bond acceptors (Lipinski definition) is 25. The van der Waals surface area contributed by atoms with Crippen LogP contribution in [-0.2, 0) is 76.2 Å². The maximum atomic E-state index is 14.2. The fourth-order valence-electron chi connectivity index (χ4n) is 9.90. The lowest BCUT2D eigenvalue weighted by molar-refractivity contribution is -0.149. The van der Waals surface area contributed by atoms with Gasteiger partial charge in [-0.2, -0.15) is 0 Å². The summed E-state index contributed by atoms with van der Waals surface area (Å²) in [6, 6.07) is 0.772. The minimum atomic E-state index is -2.94. The summed E-state index contributed by atoms with van der Waals surface area (Å²) in [5.41, 5.74) is -0.471. The van der Waals surface area contributed by atoms with Crippen LogP contribution in [0, 0.1) is 11.7 Å². The van der Waals surface area contributed by atoms with Crippen LogP contribution in [0.2, 0.25) is 5.02 Å². The summed E-state index contributed by atoms with van der Waals surface area (Å²) in [6.07, 6.45) is -1.32. The van der Waals surface area contributed by atoms with Crippen LogP contribution in [0.3, 0.4) is 0 Å². The van der Waals surface area contributed by atoms with Crippen molar-refractivity contribution in [2.75, 3.05) is 105 Å². The summed E-state index contributed by atoms with van der Waals surface area (Å²) < 4.78 is 174. The first kappa shape index (κ1) is 99.9. The molecule has 4 aliphatic heterocycles. The van der Waals surface area contributed by atoms with Crippen molar-refractivity contribution in [1.29, 1.82) is 0 Å². The number of halogens is 11. The SMILES string of the molecule is CC(C)(C)OC(=O)N1CC(F)(F)CC1CO.CC(C)(C)OC=O.CC(C)(C)OC=O.CCOC(=O)C1=C(CN(CC(C)F)C(C)COCC(=O)O)NC(c2nccs2)=NC1c1ccc(F)cc1Cl.CCOC(=O)COCC1CC(F)(F)CN1.O=C(O)COCC1CC(F)(F)CN1.O=C(O)COCC1CCC(F)(F)C1. The van der Waals surface area contributed by atoms with Gasteiger partial charge in [-0.1, -0.05) is 17.7 Å². The van der Waals surface area contributed by atoms with Crippen molar-refractivity contribution >= 4 is 77.7 Å². The summed E-state index contributed by atoms with van der Waals surface area (Å²) >= 11 is 7.72. The van der Waals surface area contributed by atoms with Crippen LogP contribution in [0.4, 0.5) is 48.7 Å². The molecule has 0 spiro atoms. The normalized spacial score (nSPS) is 20.5. The third-order valence-corrected chi connectivity index (χ3v) is 15.6. The highest BCUT2D eigenvalue weighted by atomic mass is 35.5. The van der Waals surface area contributed by atoms with E-state index in [1.54, 1.807) is 58.0 Å². The summed E-state index contributed by atoms with van der Waals surface area (Å²) in [5, 5.41) is 45.0. The molecule has 4 fully saturated rings. The number of aliphatic imine (C=N–C) groups is 1. The molecule has 624 valence electrons. The molecule has 1 aromatic heterocycles. The van der Waals surface area contributed by atoms with Gasteiger partial charge in [-0.15, -0.1) is 11.3 Å². The van der Waals surface area contributed by atoms with Gasteiger partial charge in [0.2, 0.25) is 5.92 Å². The Hall–Kier alpha value is -7.11. The van der Waals surface area contributed by atoms with Gasteiger partial charge in [0.15, 0.2) is 10.8 Å². The zero-order valence-electron chi connectivity index (χ0n) is 63.2. The molecule has 1 amide bonds. The number of ether oxygens (including phenoxy) is 9. The van der Waals surface area contributed by atoms with Crippen molar-refractivity contribution in [3.63, 3.8) is 0 Å². The molecule has 0 bridgehead atoms. The fraction of sp³-hybridized carbons (Fsp3) is 0.710. The number of hydrogen-bond donors (Lipinski definition) is 7. The van der Waals surface area contributed by atoms with E-state index in [1.165, 1.54) is 30.4 Å². The van der Waals surface area contributed by atoms with Crippen LogP contribution in [0.25, 0.3) is 0 Å². The molecule has 7 N–H and O–H groups in total. The molecule has 0 radical (unpaired) electrons. The number of nitrogens with one attached hydrogen (secondary N) is 3. The van der Waals surface area contributed by atoms with Crippen LogP contribution < -0.4 is 16.0 Å². The second-order valence-corrected chi connectivity index (χ2v) is 29.4. The lowest BCUT2D eigenvalue weighted by Crippen LogP contribution is -2.45. The lowest BCUT2D eigenvalue weighted by atomic mass is 9.95. The van der Waals surface area contributed by atoms with E-state index in [2.05, 4.69) is 39.9 Å². The predicted molar refractivity (Wildman–Crippen MR) is 376 cm³/mol. The van der Waals surface area contributed by atoms with Crippen LogP contribution in [-0.4, -0.2) is 266 Å². The van der Waals surface area contributed by atoms with E-state index in [4.69, 9.17) is 60.7 Å². The van der Waals surface area contributed by atoms with Crippen molar-refractivity contribution in [2.24, 2.45) is 10.9 Å². The number of benzene rings is 1. The average molecular weight is 1630 g/mol. The van der Waals surface area contributed by atoms with E-state index in [1.807, 2.05) is 41.5 Å². The zero-order chi connectivity index (χ0) is 83.3. The van der Waals surface area contributed by atoms with E-state index >= 15 is 0 Å². The van der Waals surface area contributed by atoms with Gasteiger partial charge in [-0.25, -0.2) is 77.7 Å². The number of amides is 1. The molecule has 2 aromatic rings. The molecule has 40 heteroatoms. The Balaban J connectivity index is 0.000000699. The molecule has 3 saturated heterocycles. The number of nitrogens with zero attached hydrogens (tertiary/aromatic N) is 4. The minimum Gasteiger partial charge on any atom is -0.480 e. The van der Waals surface area contributed by atoms with Crippen LogP contribution in [0.1, 0.15) is 145 Å². The van der Waals surface area contributed by atoms with Gasteiger partial charge in [0, 0.05) is 91.2 Å². The maximum absolute atomic E-state index is 14.2. The number of carboxylic acids is 3. The molecule has 109 heavy (non-hydrogen) atoms. The van der Waals surface area contributed by atoms with E-state index in [0.717, 1.165) is 11.0 Å². The Bertz CT molecular complexity index is 3120. The Morgan fingerprint density at radius 2 is 1.25 bits per heavy atom. The first-order valence-corrected chi connectivity index (χ1v) is 35.6. The third-order valence-electron chi connectivity index (χ3n) is 14.4. The number of thiazole rings is 1. The number of rotatable bonds is 29. The van der Waals surface area contributed by atoms with Gasteiger partial charge in [0.05, 0.1) is 77.5 Å². The summed E-state index contributed by atoms with van der Waals surface area (Å²) in [5.74, 6) is -15.6. The number of likely N-dealkylation sites (tertiary alicyclic amines) is 1. The molecule has 28 nitrogen and oxygen atoms in total. The fourth-order valence-corrected chi connectivity index (χ4v) is 10.8. The number of carbonyl (C=O) groups is 8. The Kier molecular flexibility index (Phi) is 43.9. The van der Waals surface area contributed by atoms with Crippen LogP contribution in [0.15, 0.2) is 46.0 Å². The van der Waals surface area contributed by atoms with E-state index in [9.17, 15) is 82.3 Å². The van der Waals surface area contributed by atoms with Crippen molar-refractivity contribution < 1.29 is 145 Å². The molecule has 7 rings (SSSR count). The second kappa shape index (κ2) is 48.0. The van der Waals surface area contributed by atoms with Gasteiger partial charge in [0.1, 0.15) is 61.3 Å². The molecule has 5 aliphatic rings. The number of aliphatic hydroxyl groups is 1. The molecular formula is C69H104ClF10N7O21S. The lowest BCUT2D eigenvalue weighted by Gasteiger charge is -2.34. The molecular weight excluding hydrogens is 1520 g/mol. The number of aliphatic carboxylic acids is 3. The number of carbonyl (C=O) groups excluding carboxylic acids is 5. The summed E-state index contributed by atoms with van der Waals surface area (Å²) in [7, 11) is 0. The summed E-state index contributed by atoms with van der Waals surface area (Å²) in [4.78, 5) is 97.4. The van der Waals surface area contributed by atoms with Gasteiger partial charge >= 0.3 is 35.9 Å². The van der Waals surface area contributed by atoms with E-state index < -0.39 is 141 Å². The number of carboxylic acid groups (broad SMARTS) is 3. The topological polar surface area (TPSA) is 368 Å².